The van der Waals surface area contributed by atoms with E-state index in [2.05, 4.69) is 4.52 Å². The number of nitrogens with one attached hydrogen (secondary N) is 1. The molecule has 2 aliphatic rings. The highest BCUT2D eigenvalue weighted by Crippen LogP contribution is 2.52. The van der Waals surface area contributed by atoms with E-state index in [0.717, 1.165) is 0 Å². The van der Waals surface area contributed by atoms with E-state index in [1.807, 2.05) is 0 Å². The van der Waals surface area contributed by atoms with E-state index in [9.17, 15) is 28.5 Å². The van der Waals surface area contributed by atoms with Crippen LogP contribution in [0.2, 0.25) is 0 Å². The molecule has 1 aromatic heterocycles. The van der Waals surface area contributed by atoms with Crippen LogP contribution in [-0.4, -0.2) is 44.5 Å². The van der Waals surface area contributed by atoms with Crippen LogP contribution in [-0.2, 0) is 18.3 Å². The highest BCUT2D eigenvalue weighted by molar-refractivity contribution is 14.1. The summed E-state index contributed by atoms with van der Waals surface area (Å²) in [6, 6.07) is 0. The second-order valence-corrected chi connectivity index (χ2v) is 7.05. The van der Waals surface area contributed by atoms with E-state index in [1.165, 1.54) is 22.6 Å². The summed E-state index contributed by atoms with van der Waals surface area (Å²) in [5.74, 6) is -1.21. The molecule has 0 aromatic carbocycles. The third-order valence-electron chi connectivity index (χ3n) is 3.25. The Labute approximate surface area is 134 Å². The van der Waals surface area contributed by atoms with Gasteiger partial charge < -0.3 is 14.7 Å². The predicted molar refractivity (Wildman–Crippen MR) is 74.6 cm³/mol. The highest BCUT2D eigenvalue weighted by atomic mass is 127. The van der Waals surface area contributed by atoms with E-state index in [0.29, 0.717) is 4.57 Å². The van der Waals surface area contributed by atoms with Gasteiger partial charge in [-0.3, -0.25) is 23.4 Å². The van der Waals surface area contributed by atoms with Crippen LogP contribution < -0.4 is 11.2 Å². The van der Waals surface area contributed by atoms with Crippen molar-refractivity contribution in [2.24, 2.45) is 0 Å². The number of fused-ring (bicyclic) bond motifs is 1. The molecule has 1 unspecified atom stereocenters. The summed E-state index contributed by atoms with van der Waals surface area (Å²) in [4.78, 5) is 34.0. The summed E-state index contributed by atoms with van der Waals surface area (Å²) >= 11 is 1.42. The van der Waals surface area contributed by atoms with E-state index in [-0.39, 0.29) is 10.3 Å². The Morgan fingerprint density at radius 1 is 1.45 bits per heavy atom. The molecule has 0 bridgehead atoms. The number of halogens is 2. The van der Waals surface area contributed by atoms with Gasteiger partial charge in [0.05, 0.1) is 6.61 Å². The number of phosphoric acid groups is 1. The quantitative estimate of drug-likeness (QED) is 0.283. The lowest BCUT2D eigenvalue weighted by Crippen LogP contribution is -2.42. The average Bonchev–Trinajstić information content (AvgIpc) is 2.73. The van der Waals surface area contributed by atoms with Gasteiger partial charge in [0.1, 0.15) is 22.0 Å². The molecule has 0 radical (unpaired) electrons. The zero-order valence-electron chi connectivity index (χ0n) is 10.5. The number of aromatic nitrogens is 2. The van der Waals surface area contributed by atoms with Crippen LogP contribution in [0.15, 0.2) is 9.59 Å². The first-order valence-electron chi connectivity index (χ1n) is 5.90. The molecule has 3 N–H and O–H groups in total. The molecule has 0 spiro atoms. The Hall–Kier alpha value is -0.630. The van der Waals surface area contributed by atoms with Gasteiger partial charge in [-0.05, 0) is 22.6 Å². The number of rotatable bonds is 1. The molecule has 1 aromatic rings. The smallest absolute Gasteiger partial charge is 0.386 e. The van der Waals surface area contributed by atoms with Crippen molar-refractivity contribution < 1.29 is 32.7 Å². The molecule has 2 fully saturated rings. The van der Waals surface area contributed by atoms with Crippen molar-refractivity contribution in [3.8, 4) is 0 Å². The van der Waals surface area contributed by atoms with Gasteiger partial charge in [-0.1, -0.05) is 0 Å². The molecular formula is C9H9FIN2O8P. The second kappa shape index (κ2) is 5.47. The van der Waals surface area contributed by atoms with Gasteiger partial charge in [0.15, 0.2) is 6.23 Å². The SMILES string of the molecule is O=c1[nH]c(=O)n([C@@H]2O[C@@H]3COP(=O)(O)O[C@H]3[C@H]2O)c(I)c1F. The minimum absolute atomic E-state index is 0.344. The fraction of sp³-hybridized carbons (Fsp3) is 0.556. The molecule has 0 aliphatic carbocycles. The first-order valence-corrected chi connectivity index (χ1v) is 8.48. The van der Waals surface area contributed by atoms with Crippen molar-refractivity contribution >= 4 is 30.4 Å². The molecule has 3 rings (SSSR count). The summed E-state index contributed by atoms with van der Waals surface area (Å²) in [5, 5.41) is 10.2. The summed E-state index contributed by atoms with van der Waals surface area (Å²) in [6.45, 7) is -0.344. The Bertz CT molecular complexity index is 780. The molecule has 13 heteroatoms. The molecule has 2 saturated heterocycles. The Balaban J connectivity index is 2.02. The number of ether oxygens (including phenoxy) is 1. The summed E-state index contributed by atoms with van der Waals surface area (Å²) in [7, 11) is -4.31. The van der Waals surface area contributed by atoms with Gasteiger partial charge in [-0.2, -0.15) is 4.39 Å². The van der Waals surface area contributed by atoms with Crippen LogP contribution in [0.25, 0.3) is 0 Å². The normalized spacial score (nSPS) is 38.0. The lowest BCUT2D eigenvalue weighted by molar-refractivity contribution is -0.0695. The standard InChI is InChI=1S/C9H9FIN2O8P/c10-3-6(11)13(9(16)12-7(3)15)8-4(14)5-2(20-8)1-19-22(17,18)21-5/h2,4-5,8,14H,1H2,(H,17,18)(H,12,15,16)/t2-,4-,5-,8-/m1/s1. The monoisotopic (exact) mass is 450 g/mol. The van der Waals surface area contributed by atoms with Gasteiger partial charge in [-0.25, -0.2) is 9.36 Å². The first-order chi connectivity index (χ1) is 10.2. The molecule has 3 heterocycles. The van der Waals surface area contributed by atoms with Crippen LogP contribution in [0.3, 0.4) is 0 Å². The molecule has 10 nitrogen and oxygen atoms in total. The number of hydrogen-bond donors (Lipinski definition) is 3. The van der Waals surface area contributed by atoms with Crippen LogP contribution in [0.5, 0.6) is 0 Å². The van der Waals surface area contributed by atoms with Gasteiger partial charge in [0, 0.05) is 0 Å². The maximum absolute atomic E-state index is 13.7. The number of H-pyrrole nitrogens is 1. The van der Waals surface area contributed by atoms with Gasteiger partial charge in [0.2, 0.25) is 5.82 Å². The number of nitrogens with zero attached hydrogens (tertiary/aromatic N) is 1. The van der Waals surface area contributed by atoms with Crippen molar-refractivity contribution in [3.63, 3.8) is 0 Å². The molecular weight excluding hydrogens is 441 g/mol. The maximum Gasteiger partial charge on any atom is 0.472 e. The first kappa shape index (κ1) is 16.2. The van der Waals surface area contributed by atoms with Crippen LogP contribution >= 0.6 is 30.4 Å². The zero-order chi connectivity index (χ0) is 16.2. The lowest BCUT2D eigenvalue weighted by Gasteiger charge is -2.27. The van der Waals surface area contributed by atoms with Crippen LogP contribution in [0, 0.1) is 9.52 Å². The van der Waals surface area contributed by atoms with Crippen molar-refractivity contribution in [2.75, 3.05) is 6.61 Å². The fourth-order valence-electron chi connectivity index (χ4n) is 2.28. The van der Waals surface area contributed by atoms with Crippen LogP contribution in [0.4, 0.5) is 4.39 Å². The summed E-state index contributed by atoms with van der Waals surface area (Å²) in [5.41, 5.74) is -2.19. The van der Waals surface area contributed by atoms with E-state index >= 15 is 0 Å². The number of hydrogen-bond acceptors (Lipinski definition) is 7. The van der Waals surface area contributed by atoms with E-state index in [4.69, 9.17) is 9.26 Å². The molecule has 122 valence electrons. The van der Waals surface area contributed by atoms with Gasteiger partial charge in [0.25, 0.3) is 5.56 Å². The van der Waals surface area contributed by atoms with E-state index in [1.54, 1.807) is 4.98 Å². The lowest BCUT2D eigenvalue weighted by atomic mass is 10.1. The summed E-state index contributed by atoms with van der Waals surface area (Å²) < 4.78 is 40.0. The zero-order valence-corrected chi connectivity index (χ0v) is 13.6. The number of aliphatic hydroxyl groups is 1. The fourth-order valence-corrected chi connectivity index (χ4v) is 3.98. The Morgan fingerprint density at radius 2 is 2.14 bits per heavy atom. The van der Waals surface area contributed by atoms with Crippen molar-refractivity contribution in [1.29, 1.82) is 0 Å². The van der Waals surface area contributed by atoms with Gasteiger partial charge >= 0.3 is 13.5 Å². The molecule has 0 saturated carbocycles. The topological polar surface area (TPSA) is 140 Å². The van der Waals surface area contributed by atoms with Crippen molar-refractivity contribution in [2.45, 2.75) is 24.5 Å². The number of phosphoric ester groups is 1. The number of aromatic amines is 1. The maximum atomic E-state index is 13.7. The summed E-state index contributed by atoms with van der Waals surface area (Å²) in [6.07, 6.45) is -5.09. The highest BCUT2D eigenvalue weighted by Gasteiger charge is 2.53. The minimum atomic E-state index is -4.31. The largest absolute Gasteiger partial charge is 0.472 e. The van der Waals surface area contributed by atoms with Crippen LogP contribution in [0.1, 0.15) is 6.23 Å². The minimum Gasteiger partial charge on any atom is -0.386 e. The van der Waals surface area contributed by atoms with E-state index < -0.39 is 49.4 Å². The molecule has 5 atom stereocenters. The molecule has 2 aliphatic heterocycles. The molecule has 0 amide bonds. The predicted octanol–water partition coefficient (Wildman–Crippen LogP) is -0.946. The third-order valence-corrected chi connectivity index (χ3v) is 5.23. The van der Waals surface area contributed by atoms with Crippen molar-refractivity contribution in [3.05, 3.63) is 30.4 Å². The van der Waals surface area contributed by atoms with Gasteiger partial charge in [-0.15, -0.1) is 0 Å². The number of aliphatic hydroxyl groups excluding tert-OH is 1. The van der Waals surface area contributed by atoms with Crippen molar-refractivity contribution in [1.82, 2.24) is 9.55 Å². The Kier molecular flexibility index (Phi) is 4.04. The second-order valence-electron chi connectivity index (χ2n) is 4.62. The molecule has 22 heavy (non-hydrogen) atoms. The third kappa shape index (κ3) is 2.58. The Morgan fingerprint density at radius 3 is 2.82 bits per heavy atom. The average molecular weight is 450 g/mol.